The van der Waals surface area contributed by atoms with Crippen molar-refractivity contribution >= 4 is 11.9 Å². The third kappa shape index (κ3) is 6.05. The maximum absolute atomic E-state index is 14.8. The highest BCUT2D eigenvalue weighted by atomic mass is 19.1. The van der Waals surface area contributed by atoms with Crippen molar-refractivity contribution in [1.82, 2.24) is 19.8 Å². The molecule has 40 heavy (non-hydrogen) atoms. The zero-order valence-electron chi connectivity index (χ0n) is 22.5. The van der Waals surface area contributed by atoms with Gasteiger partial charge in [-0.05, 0) is 44.5 Å². The zero-order valence-corrected chi connectivity index (χ0v) is 22.5. The molecular formula is C29H33F3N4O4. The van der Waals surface area contributed by atoms with Gasteiger partial charge in [-0.1, -0.05) is 30.3 Å². The number of alkyl halides is 1. The third-order valence-electron chi connectivity index (χ3n) is 7.33. The number of aliphatic carboxylic acids is 1. The molecule has 1 aliphatic rings. The summed E-state index contributed by atoms with van der Waals surface area (Å²) in [4.78, 5) is 31.9. The normalized spacial score (nSPS) is 18.9. The van der Waals surface area contributed by atoms with E-state index in [1.54, 1.807) is 4.57 Å². The average molecular weight is 559 g/mol. The number of imidazole rings is 1. The summed E-state index contributed by atoms with van der Waals surface area (Å²) < 4.78 is 45.3. The molecule has 0 radical (unpaired) electrons. The van der Waals surface area contributed by atoms with E-state index in [2.05, 4.69) is 10.3 Å². The van der Waals surface area contributed by atoms with Crippen molar-refractivity contribution in [3.63, 3.8) is 0 Å². The van der Waals surface area contributed by atoms with E-state index in [0.717, 1.165) is 23.8 Å². The number of carbonyl (C=O) groups excluding carboxylic acids is 1. The fourth-order valence-corrected chi connectivity index (χ4v) is 5.04. The molecule has 1 fully saturated rings. The summed E-state index contributed by atoms with van der Waals surface area (Å²) in [6.45, 7) is 4.38. The van der Waals surface area contributed by atoms with Gasteiger partial charge in [-0.15, -0.1) is 0 Å². The Balaban J connectivity index is 1.94. The largest absolute Gasteiger partial charge is 0.481 e. The van der Waals surface area contributed by atoms with Gasteiger partial charge in [-0.2, -0.15) is 0 Å². The van der Waals surface area contributed by atoms with Crippen molar-refractivity contribution in [2.75, 3.05) is 19.6 Å². The van der Waals surface area contributed by atoms with Crippen molar-refractivity contribution in [2.24, 2.45) is 11.3 Å². The number of halogens is 3. The maximum Gasteiger partial charge on any atom is 0.311 e. The molecule has 4 rings (SSSR count). The standard InChI is InChI=1S/C29H33F3N4O4/c1-17(37)27(38)36(15-19-12-33-13-23(19)32)25(29(2,3)28(39)40)26-34-24(21-11-20(30)9-10-22(21)31)16-35(26)14-18-7-5-4-6-8-18/h4-11,16-17,19,23,25,33,37H,12-15H2,1-3H3,(H,39,40). The van der Waals surface area contributed by atoms with E-state index >= 15 is 0 Å². The molecule has 3 aromatic rings. The lowest BCUT2D eigenvalue weighted by Crippen LogP contribution is -2.51. The van der Waals surface area contributed by atoms with Gasteiger partial charge < -0.3 is 25.0 Å². The lowest BCUT2D eigenvalue weighted by molar-refractivity contribution is -0.158. The molecule has 2 heterocycles. The molecule has 0 saturated carbocycles. The average Bonchev–Trinajstić information content (AvgIpc) is 3.50. The van der Waals surface area contributed by atoms with Crippen LogP contribution in [0.25, 0.3) is 11.3 Å². The molecule has 8 nitrogen and oxygen atoms in total. The molecule has 0 aliphatic carbocycles. The second kappa shape index (κ2) is 11.8. The van der Waals surface area contributed by atoms with Crippen molar-refractivity contribution in [2.45, 2.75) is 45.6 Å². The Hall–Kier alpha value is -3.70. The van der Waals surface area contributed by atoms with E-state index in [4.69, 9.17) is 0 Å². The number of amides is 1. The molecule has 1 saturated heterocycles. The van der Waals surface area contributed by atoms with Crippen LogP contribution in [0.4, 0.5) is 13.2 Å². The topological polar surface area (TPSA) is 108 Å². The summed E-state index contributed by atoms with van der Waals surface area (Å²) in [5.74, 6) is -4.08. The predicted octanol–water partition coefficient (Wildman–Crippen LogP) is 3.80. The molecule has 1 amide bonds. The maximum atomic E-state index is 14.8. The van der Waals surface area contributed by atoms with Crippen LogP contribution < -0.4 is 5.32 Å². The van der Waals surface area contributed by atoms with E-state index in [1.807, 2.05) is 30.3 Å². The number of aliphatic hydroxyl groups is 1. The summed E-state index contributed by atoms with van der Waals surface area (Å²) >= 11 is 0. The molecular weight excluding hydrogens is 525 g/mol. The number of carboxylic acids is 1. The molecule has 0 bridgehead atoms. The first-order valence-corrected chi connectivity index (χ1v) is 13.0. The minimum atomic E-state index is -1.69. The van der Waals surface area contributed by atoms with Gasteiger partial charge in [0.15, 0.2) is 0 Å². The number of rotatable bonds is 10. The van der Waals surface area contributed by atoms with Gasteiger partial charge in [-0.3, -0.25) is 9.59 Å². The summed E-state index contributed by atoms with van der Waals surface area (Å²) in [7, 11) is 0. The third-order valence-corrected chi connectivity index (χ3v) is 7.33. The second-order valence-electron chi connectivity index (χ2n) is 10.8. The Morgan fingerprint density at radius 1 is 1.18 bits per heavy atom. The van der Waals surface area contributed by atoms with Crippen molar-refractivity contribution in [3.8, 4) is 11.3 Å². The predicted molar refractivity (Wildman–Crippen MR) is 142 cm³/mol. The monoisotopic (exact) mass is 558 g/mol. The van der Waals surface area contributed by atoms with Gasteiger partial charge >= 0.3 is 5.97 Å². The number of carboxylic acid groups (broad SMARTS) is 1. The highest BCUT2D eigenvalue weighted by molar-refractivity contribution is 5.83. The lowest BCUT2D eigenvalue weighted by Gasteiger charge is -2.41. The Kier molecular flexibility index (Phi) is 8.65. The molecule has 214 valence electrons. The summed E-state index contributed by atoms with van der Waals surface area (Å²) in [6.07, 6.45) is -1.33. The first-order chi connectivity index (χ1) is 18.9. The van der Waals surface area contributed by atoms with Crippen LogP contribution >= 0.6 is 0 Å². The minimum absolute atomic E-state index is 0.0319. The number of nitrogens with zero attached hydrogens (tertiary/aromatic N) is 3. The van der Waals surface area contributed by atoms with E-state index < -0.39 is 53.2 Å². The highest BCUT2D eigenvalue weighted by Crippen LogP contribution is 2.41. The van der Waals surface area contributed by atoms with E-state index in [0.29, 0.717) is 0 Å². The Labute approximate surface area is 230 Å². The second-order valence-corrected chi connectivity index (χ2v) is 10.8. The van der Waals surface area contributed by atoms with Gasteiger partial charge in [-0.25, -0.2) is 18.2 Å². The summed E-state index contributed by atoms with van der Waals surface area (Å²) in [5.41, 5.74) is -1.00. The van der Waals surface area contributed by atoms with Gasteiger partial charge in [0, 0.05) is 43.9 Å². The van der Waals surface area contributed by atoms with Crippen LogP contribution in [0.2, 0.25) is 0 Å². The van der Waals surface area contributed by atoms with Gasteiger partial charge in [0.05, 0.1) is 11.1 Å². The van der Waals surface area contributed by atoms with Crippen LogP contribution in [0.15, 0.2) is 54.7 Å². The minimum Gasteiger partial charge on any atom is -0.481 e. The number of carbonyl (C=O) groups is 2. The van der Waals surface area contributed by atoms with Crippen LogP contribution in [0, 0.1) is 23.0 Å². The number of nitrogens with one attached hydrogen (secondary N) is 1. The summed E-state index contributed by atoms with van der Waals surface area (Å²) in [5, 5.41) is 23.6. The molecule has 3 N–H and O–H groups in total. The number of benzene rings is 2. The molecule has 4 atom stereocenters. The van der Waals surface area contributed by atoms with Crippen molar-refractivity contribution < 1.29 is 33.0 Å². The van der Waals surface area contributed by atoms with Crippen LogP contribution in [0.1, 0.15) is 38.2 Å². The number of hydrogen-bond donors (Lipinski definition) is 3. The van der Waals surface area contributed by atoms with Gasteiger partial charge in [0.25, 0.3) is 5.91 Å². The Bertz CT molecular complexity index is 1360. The SMILES string of the molecule is CC(O)C(=O)N(CC1CNCC1F)C(c1nc(-c2cc(F)ccc2F)cn1Cc1ccccc1)C(C)(C)C(=O)O. The van der Waals surface area contributed by atoms with E-state index in [-0.39, 0.29) is 43.3 Å². The van der Waals surface area contributed by atoms with E-state index in [9.17, 15) is 33.0 Å². The first kappa shape index (κ1) is 29.3. The van der Waals surface area contributed by atoms with Gasteiger partial charge in [0.2, 0.25) is 0 Å². The molecule has 4 unspecified atom stereocenters. The summed E-state index contributed by atoms with van der Waals surface area (Å²) in [6, 6.07) is 10.7. The number of aliphatic hydroxyl groups excluding tert-OH is 1. The van der Waals surface area contributed by atoms with E-state index in [1.165, 1.54) is 31.9 Å². The fourth-order valence-electron chi connectivity index (χ4n) is 5.04. The van der Waals surface area contributed by atoms with Gasteiger partial charge in [0.1, 0.15) is 35.8 Å². The Morgan fingerprint density at radius 2 is 1.88 bits per heavy atom. The van der Waals surface area contributed by atoms with Crippen molar-refractivity contribution in [1.29, 1.82) is 0 Å². The molecule has 2 aromatic carbocycles. The molecule has 1 aromatic heterocycles. The lowest BCUT2D eigenvalue weighted by atomic mass is 9.81. The Morgan fingerprint density at radius 3 is 2.48 bits per heavy atom. The first-order valence-electron chi connectivity index (χ1n) is 13.0. The van der Waals surface area contributed by atoms with Crippen LogP contribution in [-0.4, -0.2) is 68.5 Å². The fraction of sp³-hybridized carbons (Fsp3) is 0.414. The van der Waals surface area contributed by atoms with Crippen molar-refractivity contribution in [3.05, 3.63) is 77.8 Å². The van der Waals surface area contributed by atoms with Crippen LogP contribution in [0.5, 0.6) is 0 Å². The highest BCUT2D eigenvalue weighted by Gasteiger charge is 2.48. The molecule has 11 heteroatoms. The smallest absolute Gasteiger partial charge is 0.311 e. The molecule has 1 aliphatic heterocycles. The molecule has 0 spiro atoms. The quantitative estimate of drug-likeness (QED) is 0.350. The van der Waals surface area contributed by atoms with Crippen LogP contribution in [-0.2, 0) is 16.1 Å². The number of aromatic nitrogens is 2. The zero-order chi connectivity index (χ0) is 29.2. The van der Waals surface area contributed by atoms with Crippen LogP contribution in [0.3, 0.4) is 0 Å². The number of hydrogen-bond acceptors (Lipinski definition) is 5.